The summed E-state index contributed by atoms with van der Waals surface area (Å²) in [7, 11) is -5.75. The molecule has 0 fully saturated rings. The Kier molecular flexibility index (Phi) is 8.99. The van der Waals surface area contributed by atoms with Crippen LogP contribution in [0.3, 0.4) is 0 Å². The molecule has 0 saturated heterocycles. The predicted octanol–water partition coefficient (Wildman–Crippen LogP) is 5.61. The fourth-order valence-corrected chi connectivity index (χ4v) is 10.8. The van der Waals surface area contributed by atoms with Gasteiger partial charge in [-0.05, 0) is 50.2 Å². The Balaban J connectivity index is 2.33. The lowest BCUT2D eigenvalue weighted by atomic mass is 10.4. The molecule has 0 aliphatic heterocycles. The molecule has 0 bridgehead atoms. The molecule has 0 aromatic heterocycles. The minimum atomic E-state index is -3.36. The number of rotatable bonds is 12. The second kappa shape index (κ2) is 11.7. The summed E-state index contributed by atoms with van der Waals surface area (Å²) in [5.74, 6) is 0. The third kappa shape index (κ3) is 5.29. The van der Waals surface area contributed by atoms with E-state index >= 15 is 0 Å². The van der Waals surface area contributed by atoms with Crippen LogP contribution in [0.1, 0.15) is 13.8 Å². The fraction of sp³-hybridized carbons (Fsp3) is 0.231. The smallest absolute Gasteiger partial charge is 0.308 e. The van der Waals surface area contributed by atoms with Crippen molar-refractivity contribution in [2.45, 2.75) is 13.8 Å². The molecule has 3 aromatic carbocycles. The van der Waals surface area contributed by atoms with Crippen LogP contribution in [0, 0.1) is 0 Å². The van der Waals surface area contributed by atoms with Gasteiger partial charge in [0.2, 0.25) is 0 Å². The van der Waals surface area contributed by atoms with Gasteiger partial charge in [0.05, 0.1) is 19.8 Å². The molecule has 0 unspecified atom stereocenters. The highest BCUT2D eigenvalue weighted by atomic mass is 31.2. The molecule has 0 spiro atoms. The predicted molar refractivity (Wildman–Crippen MR) is 138 cm³/mol. The Morgan fingerprint density at radius 2 is 1.16 bits per heavy atom. The van der Waals surface area contributed by atoms with E-state index in [0.717, 1.165) is 0 Å². The molecule has 6 heteroatoms. The molecule has 0 aliphatic carbocycles. The molecule has 0 atom stereocenters. The Morgan fingerprint density at radius 3 is 1.47 bits per heavy atom. The van der Waals surface area contributed by atoms with Gasteiger partial charge in [-0.2, -0.15) is 4.67 Å². The normalized spacial score (nSPS) is 12.1. The van der Waals surface area contributed by atoms with E-state index in [1.165, 1.54) is 15.9 Å². The third-order valence-electron chi connectivity index (χ3n) is 5.14. The molecule has 0 heterocycles. The summed E-state index contributed by atoms with van der Waals surface area (Å²) in [6.45, 7) is 8.90. The lowest BCUT2D eigenvalue weighted by molar-refractivity contribution is 0.212. The van der Waals surface area contributed by atoms with Gasteiger partial charge in [-0.15, -0.1) is 6.58 Å². The minimum Gasteiger partial charge on any atom is -0.308 e. The van der Waals surface area contributed by atoms with Gasteiger partial charge in [-0.1, -0.05) is 60.7 Å². The maximum atomic E-state index is 13.7. The van der Waals surface area contributed by atoms with Crippen molar-refractivity contribution in [1.29, 1.82) is 0 Å². The van der Waals surface area contributed by atoms with Gasteiger partial charge in [0.15, 0.2) is 7.41 Å². The highest BCUT2D eigenvalue weighted by molar-refractivity contribution is 7.94. The van der Waals surface area contributed by atoms with Crippen LogP contribution in [-0.2, 0) is 13.6 Å². The summed E-state index contributed by atoms with van der Waals surface area (Å²) in [6.07, 6.45) is 2.04. The van der Waals surface area contributed by atoms with E-state index in [1.807, 2.05) is 38.1 Å². The van der Waals surface area contributed by atoms with Crippen LogP contribution in [0.5, 0.6) is 0 Å². The van der Waals surface area contributed by atoms with E-state index in [4.69, 9.17) is 9.05 Å². The first-order valence-corrected chi connectivity index (χ1v) is 14.4. The molecule has 0 saturated carbocycles. The molecule has 4 nitrogen and oxygen atoms in total. The van der Waals surface area contributed by atoms with E-state index in [1.54, 1.807) is 0 Å². The van der Waals surface area contributed by atoms with Crippen molar-refractivity contribution in [3.05, 3.63) is 104 Å². The molecule has 3 rings (SSSR count). The van der Waals surface area contributed by atoms with Crippen LogP contribution in [-0.4, -0.2) is 30.7 Å². The molecular formula is C26H32NO3P2+. The van der Waals surface area contributed by atoms with Gasteiger partial charge in [-0.25, -0.2) is 0 Å². The van der Waals surface area contributed by atoms with E-state index in [9.17, 15) is 4.57 Å². The van der Waals surface area contributed by atoms with E-state index in [2.05, 4.69) is 84.0 Å². The standard InChI is InChI=1S/C26H32NO3P2/c1-4-22-27(23-31(28,29-5-2)30-6-3)32(24-16-10-7-11-17-24,25-18-12-8-13-19-25)26-20-14-9-15-21-26/h4,7-21H,1,5-6,22-23H2,2-3H3/q+1. The van der Waals surface area contributed by atoms with Crippen molar-refractivity contribution in [2.75, 3.05) is 26.0 Å². The van der Waals surface area contributed by atoms with Gasteiger partial charge >= 0.3 is 7.60 Å². The lowest BCUT2D eigenvalue weighted by Gasteiger charge is -2.37. The topological polar surface area (TPSA) is 38.8 Å². The van der Waals surface area contributed by atoms with Crippen LogP contribution in [0.2, 0.25) is 0 Å². The largest absolute Gasteiger partial charge is 0.348 e. The SMILES string of the molecule is C=CCN(CP(=O)(OCC)OCC)[P+](c1ccccc1)(c1ccccc1)c1ccccc1. The highest BCUT2D eigenvalue weighted by Crippen LogP contribution is 2.63. The average Bonchev–Trinajstić information content (AvgIpc) is 2.82. The molecule has 0 N–H and O–H groups in total. The number of hydrogen-bond donors (Lipinski definition) is 0. The number of nitrogens with zero attached hydrogens (tertiary/aromatic N) is 1. The van der Waals surface area contributed by atoms with Crippen molar-refractivity contribution in [3.8, 4) is 0 Å². The maximum Gasteiger partial charge on any atom is 0.348 e. The monoisotopic (exact) mass is 468 g/mol. The Bertz CT molecular complexity index is 906. The van der Waals surface area contributed by atoms with Crippen molar-refractivity contribution in [2.24, 2.45) is 0 Å². The Morgan fingerprint density at radius 1 is 0.781 bits per heavy atom. The average molecular weight is 468 g/mol. The first kappa shape index (κ1) is 24.6. The van der Waals surface area contributed by atoms with Crippen LogP contribution < -0.4 is 15.9 Å². The highest BCUT2D eigenvalue weighted by Gasteiger charge is 2.53. The maximum absolute atomic E-state index is 13.7. The Hall–Kier alpha value is -2.06. The zero-order valence-corrected chi connectivity index (χ0v) is 20.6. The molecule has 0 aliphatic rings. The quantitative estimate of drug-likeness (QED) is 0.256. The number of benzene rings is 3. The molecular weight excluding hydrogens is 436 g/mol. The van der Waals surface area contributed by atoms with Crippen molar-refractivity contribution in [3.63, 3.8) is 0 Å². The van der Waals surface area contributed by atoms with Crippen LogP contribution in [0.4, 0.5) is 0 Å². The molecule has 32 heavy (non-hydrogen) atoms. The second-order valence-corrected chi connectivity index (χ2v) is 12.6. The van der Waals surface area contributed by atoms with Crippen molar-refractivity contribution >= 4 is 30.9 Å². The summed E-state index contributed by atoms with van der Waals surface area (Å²) < 4.78 is 27.5. The summed E-state index contributed by atoms with van der Waals surface area (Å²) in [6, 6.07) is 31.4. The second-order valence-electron chi connectivity index (χ2n) is 7.21. The van der Waals surface area contributed by atoms with Crippen LogP contribution in [0.25, 0.3) is 0 Å². The van der Waals surface area contributed by atoms with Crippen molar-refractivity contribution in [1.82, 2.24) is 4.67 Å². The van der Waals surface area contributed by atoms with E-state index in [-0.39, 0.29) is 6.29 Å². The van der Waals surface area contributed by atoms with Gasteiger partial charge in [0, 0.05) is 0 Å². The number of hydrogen-bond acceptors (Lipinski definition) is 4. The van der Waals surface area contributed by atoms with Crippen LogP contribution >= 0.6 is 15.0 Å². The third-order valence-corrected chi connectivity index (χ3v) is 11.6. The molecule has 3 aromatic rings. The first-order chi connectivity index (χ1) is 15.6. The summed E-state index contributed by atoms with van der Waals surface area (Å²) in [4.78, 5) is 0. The van der Waals surface area contributed by atoms with Gasteiger partial charge in [-0.3, -0.25) is 4.57 Å². The molecule has 0 amide bonds. The lowest BCUT2D eigenvalue weighted by Crippen LogP contribution is -2.44. The fourth-order valence-electron chi connectivity index (χ4n) is 4.00. The summed E-state index contributed by atoms with van der Waals surface area (Å²) >= 11 is 0. The zero-order valence-electron chi connectivity index (χ0n) is 18.8. The van der Waals surface area contributed by atoms with Gasteiger partial charge < -0.3 is 9.05 Å². The first-order valence-electron chi connectivity index (χ1n) is 10.9. The Labute approximate surface area is 192 Å². The molecule has 168 valence electrons. The van der Waals surface area contributed by atoms with Crippen LogP contribution in [0.15, 0.2) is 104 Å². The summed E-state index contributed by atoms with van der Waals surface area (Å²) in [5.41, 5.74) is 0. The zero-order chi connectivity index (χ0) is 22.9. The van der Waals surface area contributed by atoms with Crippen molar-refractivity contribution < 1.29 is 13.6 Å². The summed E-state index contributed by atoms with van der Waals surface area (Å²) in [5, 5.41) is 3.54. The van der Waals surface area contributed by atoms with E-state index < -0.39 is 15.0 Å². The van der Waals surface area contributed by atoms with Gasteiger partial charge in [0.1, 0.15) is 22.2 Å². The molecule has 0 radical (unpaired) electrons. The minimum absolute atomic E-state index is 0.174. The van der Waals surface area contributed by atoms with E-state index in [0.29, 0.717) is 19.8 Å². The van der Waals surface area contributed by atoms with Gasteiger partial charge in [0.25, 0.3) is 0 Å².